The van der Waals surface area contributed by atoms with E-state index in [1.54, 1.807) is 6.33 Å². The van der Waals surface area contributed by atoms with Crippen molar-refractivity contribution >= 4 is 28.4 Å². The summed E-state index contributed by atoms with van der Waals surface area (Å²) >= 11 is 0. The van der Waals surface area contributed by atoms with Crippen molar-refractivity contribution in [3.63, 3.8) is 0 Å². The first-order chi connectivity index (χ1) is 11.7. The number of aromatic nitrogens is 2. The van der Waals surface area contributed by atoms with Gasteiger partial charge in [0.2, 0.25) is 11.8 Å². The van der Waals surface area contributed by atoms with Crippen LogP contribution in [-0.2, 0) is 9.59 Å². The Kier molecular flexibility index (Phi) is 3.76. The van der Waals surface area contributed by atoms with Gasteiger partial charge in [0.1, 0.15) is 12.4 Å². The highest BCUT2D eigenvalue weighted by atomic mass is 16.2. The molecule has 1 atom stereocenters. The third-order valence-corrected chi connectivity index (χ3v) is 4.74. The molecule has 2 aromatic rings. The zero-order valence-corrected chi connectivity index (χ0v) is 13.3. The molecule has 0 bridgehead atoms. The van der Waals surface area contributed by atoms with E-state index in [-0.39, 0.29) is 17.9 Å². The van der Waals surface area contributed by atoms with E-state index in [4.69, 9.17) is 0 Å². The number of fused-ring (bicyclic) bond motifs is 1. The lowest BCUT2D eigenvalue weighted by Gasteiger charge is -2.37. The third-order valence-electron chi connectivity index (χ3n) is 4.74. The number of nitrogens with zero attached hydrogens (tertiary/aromatic N) is 4. The summed E-state index contributed by atoms with van der Waals surface area (Å²) in [6, 6.07) is 5.81. The monoisotopic (exact) mass is 325 g/mol. The van der Waals surface area contributed by atoms with E-state index in [9.17, 15) is 9.59 Å². The van der Waals surface area contributed by atoms with Crippen LogP contribution in [0.3, 0.4) is 0 Å². The molecule has 1 aromatic carbocycles. The van der Waals surface area contributed by atoms with E-state index in [0.29, 0.717) is 25.9 Å². The van der Waals surface area contributed by atoms with Gasteiger partial charge < -0.3 is 15.1 Å². The SMILES string of the molecule is O=C1CCC(C(=O)N2CCN(c3ccc4ncncc4c3)CC2)N1. The van der Waals surface area contributed by atoms with Crippen LogP contribution in [0.5, 0.6) is 0 Å². The van der Waals surface area contributed by atoms with Gasteiger partial charge in [0, 0.05) is 49.9 Å². The van der Waals surface area contributed by atoms with E-state index in [1.165, 1.54) is 0 Å². The van der Waals surface area contributed by atoms with Crippen molar-refractivity contribution in [1.29, 1.82) is 0 Å². The molecule has 0 radical (unpaired) electrons. The molecule has 24 heavy (non-hydrogen) atoms. The largest absolute Gasteiger partial charge is 0.368 e. The van der Waals surface area contributed by atoms with Crippen LogP contribution in [0.4, 0.5) is 5.69 Å². The number of benzene rings is 1. The number of amides is 2. The molecule has 1 aromatic heterocycles. The molecule has 7 nitrogen and oxygen atoms in total. The molecule has 3 heterocycles. The fourth-order valence-corrected chi connectivity index (χ4v) is 3.37. The second-order valence-electron chi connectivity index (χ2n) is 6.24. The van der Waals surface area contributed by atoms with Crippen LogP contribution in [0, 0.1) is 0 Å². The Balaban J connectivity index is 1.41. The Morgan fingerprint density at radius 2 is 2.04 bits per heavy atom. The highest BCUT2D eigenvalue weighted by Crippen LogP contribution is 2.22. The number of nitrogens with one attached hydrogen (secondary N) is 1. The molecule has 7 heteroatoms. The van der Waals surface area contributed by atoms with E-state index >= 15 is 0 Å². The molecule has 0 saturated carbocycles. The van der Waals surface area contributed by atoms with Crippen molar-refractivity contribution in [2.45, 2.75) is 18.9 Å². The molecule has 2 fully saturated rings. The summed E-state index contributed by atoms with van der Waals surface area (Å²) in [5.74, 6) is 0.0257. The van der Waals surface area contributed by atoms with Gasteiger partial charge in [0.05, 0.1) is 5.52 Å². The van der Waals surface area contributed by atoms with Crippen LogP contribution in [-0.4, -0.2) is 58.9 Å². The van der Waals surface area contributed by atoms with Crippen LogP contribution in [0.2, 0.25) is 0 Å². The Hall–Kier alpha value is -2.70. The first kappa shape index (κ1) is 14.9. The minimum absolute atomic E-state index is 0.0228. The molecule has 4 rings (SSSR count). The first-order valence-corrected chi connectivity index (χ1v) is 8.23. The molecule has 1 unspecified atom stereocenters. The van der Waals surface area contributed by atoms with Crippen molar-refractivity contribution in [2.24, 2.45) is 0 Å². The molecular formula is C17H19N5O2. The van der Waals surface area contributed by atoms with Crippen LogP contribution in [0.1, 0.15) is 12.8 Å². The Morgan fingerprint density at radius 1 is 1.21 bits per heavy atom. The summed E-state index contributed by atoms with van der Waals surface area (Å²) < 4.78 is 0. The lowest BCUT2D eigenvalue weighted by molar-refractivity contribution is -0.134. The number of hydrogen-bond acceptors (Lipinski definition) is 5. The molecule has 0 spiro atoms. The average Bonchev–Trinajstić information content (AvgIpc) is 3.07. The molecule has 2 saturated heterocycles. The quantitative estimate of drug-likeness (QED) is 0.873. The summed E-state index contributed by atoms with van der Waals surface area (Å²) in [4.78, 5) is 36.2. The Bertz CT molecular complexity index is 785. The van der Waals surface area contributed by atoms with Crippen molar-refractivity contribution in [3.8, 4) is 0 Å². The molecule has 0 aliphatic carbocycles. The predicted molar refractivity (Wildman–Crippen MR) is 89.5 cm³/mol. The van der Waals surface area contributed by atoms with Crippen molar-refractivity contribution in [3.05, 3.63) is 30.7 Å². The molecule has 2 amide bonds. The third kappa shape index (κ3) is 2.77. The van der Waals surface area contributed by atoms with Crippen molar-refractivity contribution in [1.82, 2.24) is 20.2 Å². The van der Waals surface area contributed by atoms with Crippen LogP contribution >= 0.6 is 0 Å². The molecular weight excluding hydrogens is 306 g/mol. The smallest absolute Gasteiger partial charge is 0.245 e. The number of piperazine rings is 1. The van der Waals surface area contributed by atoms with Gasteiger partial charge >= 0.3 is 0 Å². The van der Waals surface area contributed by atoms with E-state index in [2.05, 4.69) is 32.3 Å². The van der Waals surface area contributed by atoms with Gasteiger partial charge in [0.25, 0.3) is 0 Å². The van der Waals surface area contributed by atoms with Gasteiger partial charge in [-0.15, -0.1) is 0 Å². The fourth-order valence-electron chi connectivity index (χ4n) is 3.37. The Labute approximate surface area is 139 Å². The maximum atomic E-state index is 12.4. The minimum atomic E-state index is -0.332. The topological polar surface area (TPSA) is 78.4 Å². The number of rotatable bonds is 2. The second-order valence-corrected chi connectivity index (χ2v) is 6.24. The normalized spacial score (nSPS) is 21.2. The zero-order chi connectivity index (χ0) is 16.5. The van der Waals surface area contributed by atoms with Crippen LogP contribution in [0.25, 0.3) is 10.9 Å². The lowest BCUT2D eigenvalue weighted by Crippen LogP contribution is -2.53. The number of anilines is 1. The summed E-state index contributed by atoms with van der Waals surface area (Å²) in [7, 11) is 0. The predicted octanol–water partition coefficient (Wildman–Crippen LogP) is 0.557. The standard InChI is InChI=1S/C17H19N5O2/c23-16-4-3-15(20-16)17(24)22-7-5-21(6-8-22)13-1-2-14-12(9-13)10-18-11-19-14/h1-2,9-11,15H,3-8H2,(H,20,23). The van der Waals surface area contributed by atoms with Gasteiger partial charge in [-0.2, -0.15) is 0 Å². The van der Waals surface area contributed by atoms with Crippen LogP contribution < -0.4 is 10.2 Å². The average molecular weight is 325 g/mol. The summed E-state index contributed by atoms with van der Waals surface area (Å²) in [5.41, 5.74) is 2.05. The number of carbonyl (C=O) groups excluding carboxylic acids is 2. The summed E-state index contributed by atoms with van der Waals surface area (Å²) in [5, 5.41) is 3.77. The fraction of sp³-hybridized carbons (Fsp3) is 0.412. The maximum Gasteiger partial charge on any atom is 0.245 e. The molecule has 1 N–H and O–H groups in total. The lowest BCUT2D eigenvalue weighted by atomic mass is 10.1. The molecule has 2 aliphatic rings. The Morgan fingerprint density at radius 3 is 2.79 bits per heavy atom. The minimum Gasteiger partial charge on any atom is -0.368 e. The van der Waals surface area contributed by atoms with Crippen LogP contribution in [0.15, 0.2) is 30.7 Å². The van der Waals surface area contributed by atoms with Gasteiger partial charge in [-0.25, -0.2) is 9.97 Å². The first-order valence-electron chi connectivity index (χ1n) is 8.23. The number of carbonyl (C=O) groups is 2. The van der Waals surface area contributed by atoms with Crippen molar-refractivity contribution in [2.75, 3.05) is 31.1 Å². The van der Waals surface area contributed by atoms with Gasteiger partial charge in [-0.05, 0) is 24.6 Å². The molecule has 2 aliphatic heterocycles. The van der Waals surface area contributed by atoms with Gasteiger partial charge in [-0.1, -0.05) is 0 Å². The summed E-state index contributed by atoms with van der Waals surface area (Å²) in [6.45, 7) is 2.92. The zero-order valence-electron chi connectivity index (χ0n) is 13.3. The van der Waals surface area contributed by atoms with Gasteiger partial charge in [-0.3, -0.25) is 9.59 Å². The second kappa shape index (κ2) is 6.07. The molecule has 124 valence electrons. The summed E-state index contributed by atoms with van der Waals surface area (Å²) in [6.07, 6.45) is 4.43. The van der Waals surface area contributed by atoms with E-state index in [0.717, 1.165) is 29.7 Å². The van der Waals surface area contributed by atoms with E-state index < -0.39 is 0 Å². The van der Waals surface area contributed by atoms with E-state index in [1.807, 2.05) is 17.2 Å². The van der Waals surface area contributed by atoms with Crippen molar-refractivity contribution < 1.29 is 9.59 Å². The number of hydrogen-bond donors (Lipinski definition) is 1. The van der Waals surface area contributed by atoms with Gasteiger partial charge in [0.15, 0.2) is 0 Å². The maximum absolute atomic E-state index is 12.4. The highest BCUT2D eigenvalue weighted by molar-refractivity contribution is 5.91. The highest BCUT2D eigenvalue weighted by Gasteiger charge is 2.32.